The molecule has 0 atom stereocenters. The fraction of sp³-hybridized carbons (Fsp3) is 0.0870. The maximum Gasteiger partial charge on any atom is 0.416 e. The Kier molecular flexibility index (Phi) is 4.62. The van der Waals surface area contributed by atoms with Crippen molar-refractivity contribution in [1.82, 2.24) is 4.98 Å². The molecule has 0 saturated carbocycles. The van der Waals surface area contributed by atoms with Crippen molar-refractivity contribution in [2.45, 2.75) is 12.6 Å². The van der Waals surface area contributed by atoms with Gasteiger partial charge in [-0.15, -0.1) is 0 Å². The van der Waals surface area contributed by atoms with Crippen LogP contribution < -0.4 is 0 Å². The Bertz CT molecular complexity index is 1190. The second-order valence-corrected chi connectivity index (χ2v) is 6.79. The first-order chi connectivity index (χ1) is 13.8. The summed E-state index contributed by atoms with van der Waals surface area (Å²) in [5.41, 5.74) is 3.00. The summed E-state index contributed by atoms with van der Waals surface area (Å²) in [6, 6.07) is 19.6. The van der Waals surface area contributed by atoms with Gasteiger partial charge in [-0.3, -0.25) is 0 Å². The van der Waals surface area contributed by atoms with Gasteiger partial charge < -0.3 is 10.1 Å². The molecular formula is C23H16F3NO2. The second-order valence-electron chi connectivity index (χ2n) is 6.79. The van der Waals surface area contributed by atoms with Gasteiger partial charge in [-0.05, 0) is 41.0 Å². The first kappa shape index (κ1) is 18.8. The molecule has 0 bridgehead atoms. The minimum absolute atomic E-state index is 0.169. The lowest BCUT2D eigenvalue weighted by Crippen LogP contribution is -2.04. The van der Waals surface area contributed by atoms with E-state index in [0.717, 1.165) is 34.5 Å². The number of H-pyrrole nitrogens is 1. The van der Waals surface area contributed by atoms with Crippen molar-refractivity contribution in [2.75, 3.05) is 0 Å². The summed E-state index contributed by atoms with van der Waals surface area (Å²) in [7, 11) is 0. The van der Waals surface area contributed by atoms with Crippen LogP contribution in [0.1, 0.15) is 27.0 Å². The quantitative estimate of drug-likeness (QED) is 0.436. The van der Waals surface area contributed by atoms with E-state index in [1.807, 2.05) is 36.4 Å². The van der Waals surface area contributed by atoms with Crippen molar-refractivity contribution in [3.63, 3.8) is 0 Å². The number of rotatable bonds is 4. The lowest BCUT2D eigenvalue weighted by molar-refractivity contribution is -0.137. The molecule has 0 aliphatic carbocycles. The average Bonchev–Trinajstić information content (AvgIpc) is 3.06. The third-order valence-electron chi connectivity index (χ3n) is 4.85. The zero-order valence-corrected chi connectivity index (χ0v) is 15.1. The number of aromatic nitrogens is 1. The molecule has 0 fully saturated rings. The first-order valence-corrected chi connectivity index (χ1v) is 8.92. The van der Waals surface area contributed by atoms with E-state index in [2.05, 4.69) is 4.98 Å². The maximum atomic E-state index is 13.1. The topological polar surface area (TPSA) is 53.1 Å². The van der Waals surface area contributed by atoms with Crippen molar-refractivity contribution < 1.29 is 23.1 Å². The molecule has 1 aromatic heterocycles. The molecule has 3 aromatic carbocycles. The van der Waals surface area contributed by atoms with Crippen LogP contribution in [0, 0.1) is 0 Å². The van der Waals surface area contributed by atoms with Crippen LogP contribution in [0.5, 0.6) is 0 Å². The minimum Gasteiger partial charge on any atom is -0.478 e. The Morgan fingerprint density at radius 1 is 0.931 bits per heavy atom. The fourth-order valence-electron chi connectivity index (χ4n) is 3.49. The molecule has 1 heterocycles. The number of aromatic carboxylic acids is 1. The zero-order chi connectivity index (χ0) is 20.6. The fourth-order valence-corrected chi connectivity index (χ4v) is 3.49. The van der Waals surface area contributed by atoms with Crippen LogP contribution in [0.15, 0.2) is 72.8 Å². The lowest BCUT2D eigenvalue weighted by atomic mass is 9.97. The molecule has 0 aliphatic rings. The third kappa shape index (κ3) is 3.74. The van der Waals surface area contributed by atoms with Crippen molar-refractivity contribution in [1.29, 1.82) is 0 Å². The number of alkyl halides is 3. The molecule has 0 unspecified atom stereocenters. The van der Waals surface area contributed by atoms with Crippen LogP contribution in [0.2, 0.25) is 0 Å². The highest BCUT2D eigenvalue weighted by Gasteiger charge is 2.31. The molecule has 4 aromatic rings. The molecule has 0 amide bonds. The van der Waals surface area contributed by atoms with Gasteiger partial charge in [-0.25, -0.2) is 4.79 Å². The number of fused-ring (bicyclic) bond motifs is 1. The summed E-state index contributed by atoms with van der Waals surface area (Å²) < 4.78 is 39.4. The summed E-state index contributed by atoms with van der Waals surface area (Å²) in [5.74, 6) is -1.02. The standard InChI is InChI=1S/C23H16F3NO2/c24-23(25,26)17-9-10-18-19(12-14-5-4-8-16(11-14)22(28)29)21(27-20(18)13-17)15-6-2-1-3-7-15/h1-11,13,27H,12H2,(H,28,29). The largest absolute Gasteiger partial charge is 0.478 e. The predicted octanol–water partition coefficient (Wildman–Crippen LogP) is 6.14. The van der Waals surface area contributed by atoms with E-state index >= 15 is 0 Å². The van der Waals surface area contributed by atoms with Gasteiger partial charge >= 0.3 is 12.1 Å². The molecule has 2 N–H and O–H groups in total. The molecular weight excluding hydrogens is 379 g/mol. The van der Waals surface area contributed by atoms with E-state index in [1.54, 1.807) is 12.1 Å². The normalized spacial score (nSPS) is 11.7. The van der Waals surface area contributed by atoms with E-state index in [-0.39, 0.29) is 5.56 Å². The van der Waals surface area contributed by atoms with E-state index in [1.165, 1.54) is 12.1 Å². The van der Waals surface area contributed by atoms with Crippen LogP contribution in [0.3, 0.4) is 0 Å². The van der Waals surface area contributed by atoms with Crippen molar-refractivity contribution in [3.05, 3.63) is 95.1 Å². The Hall–Kier alpha value is -3.54. The highest BCUT2D eigenvalue weighted by atomic mass is 19.4. The van der Waals surface area contributed by atoms with E-state index in [4.69, 9.17) is 0 Å². The summed E-state index contributed by atoms with van der Waals surface area (Å²) in [6.45, 7) is 0. The van der Waals surface area contributed by atoms with Crippen LogP contribution in [-0.4, -0.2) is 16.1 Å². The van der Waals surface area contributed by atoms with Crippen molar-refractivity contribution in [2.24, 2.45) is 0 Å². The van der Waals surface area contributed by atoms with Crippen LogP contribution in [0.25, 0.3) is 22.2 Å². The molecule has 0 radical (unpaired) electrons. The van der Waals surface area contributed by atoms with E-state index in [9.17, 15) is 23.1 Å². The van der Waals surface area contributed by atoms with Gasteiger partial charge in [0.05, 0.1) is 16.8 Å². The SMILES string of the molecule is O=C(O)c1cccc(Cc2c(-c3ccccc3)[nH]c3cc(C(F)(F)F)ccc23)c1. The molecule has 3 nitrogen and oxygen atoms in total. The number of hydrogen-bond acceptors (Lipinski definition) is 1. The predicted molar refractivity (Wildman–Crippen MR) is 105 cm³/mol. The molecule has 6 heteroatoms. The number of carboxylic acids is 1. The summed E-state index contributed by atoms with van der Waals surface area (Å²) in [4.78, 5) is 14.4. The van der Waals surface area contributed by atoms with Crippen LogP contribution in [-0.2, 0) is 12.6 Å². The maximum absolute atomic E-state index is 13.1. The number of nitrogens with one attached hydrogen (secondary N) is 1. The Morgan fingerprint density at radius 2 is 1.69 bits per heavy atom. The van der Waals surface area contributed by atoms with Crippen LogP contribution in [0.4, 0.5) is 13.2 Å². The van der Waals surface area contributed by atoms with Gasteiger partial charge in [0.15, 0.2) is 0 Å². The molecule has 29 heavy (non-hydrogen) atoms. The third-order valence-corrected chi connectivity index (χ3v) is 4.85. The smallest absolute Gasteiger partial charge is 0.416 e. The average molecular weight is 395 g/mol. The molecule has 146 valence electrons. The number of carboxylic acid groups (broad SMARTS) is 1. The molecule has 4 rings (SSSR count). The van der Waals surface area contributed by atoms with Gasteiger partial charge in [-0.2, -0.15) is 13.2 Å². The number of hydrogen-bond donors (Lipinski definition) is 2. The Balaban J connectivity index is 1.88. The van der Waals surface area contributed by atoms with Crippen molar-refractivity contribution in [3.8, 4) is 11.3 Å². The number of carbonyl (C=O) groups is 1. The minimum atomic E-state index is -4.43. The van der Waals surface area contributed by atoms with Gasteiger partial charge in [0.1, 0.15) is 0 Å². The van der Waals surface area contributed by atoms with Gasteiger partial charge in [0.2, 0.25) is 0 Å². The highest BCUT2D eigenvalue weighted by Crippen LogP contribution is 2.36. The number of aromatic amines is 1. The summed E-state index contributed by atoms with van der Waals surface area (Å²) >= 11 is 0. The second kappa shape index (κ2) is 7.13. The number of halogens is 3. The van der Waals surface area contributed by atoms with Gasteiger partial charge in [0.25, 0.3) is 0 Å². The molecule has 0 aliphatic heterocycles. The summed E-state index contributed by atoms with van der Waals surface area (Å²) in [5, 5.41) is 9.91. The lowest BCUT2D eigenvalue weighted by Gasteiger charge is -2.08. The first-order valence-electron chi connectivity index (χ1n) is 8.92. The van der Waals surface area contributed by atoms with E-state index in [0.29, 0.717) is 17.3 Å². The molecule has 0 spiro atoms. The van der Waals surface area contributed by atoms with Gasteiger partial charge in [-0.1, -0.05) is 48.5 Å². The number of benzene rings is 3. The van der Waals surface area contributed by atoms with Crippen LogP contribution >= 0.6 is 0 Å². The monoisotopic (exact) mass is 395 g/mol. The highest BCUT2D eigenvalue weighted by molar-refractivity contribution is 5.92. The van der Waals surface area contributed by atoms with Gasteiger partial charge in [0, 0.05) is 17.3 Å². The van der Waals surface area contributed by atoms with Crippen molar-refractivity contribution >= 4 is 16.9 Å². The van der Waals surface area contributed by atoms with E-state index < -0.39 is 17.7 Å². The Labute approximate surface area is 164 Å². The zero-order valence-electron chi connectivity index (χ0n) is 15.1. The summed E-state index contributed by atoms with van der Waals surface area (Å²) in [6.07, 6.45) is -4.04. The Morgan fingerprint density at radius 3 is 2.38 bits per heavy atom. The molecule has 0 saturated heterocycles.